The van der Waals surface area contributed by atoms with Gasteiger partial charge in [0.2, 0.25) is 5.91 Å². The Hall–Kier alpha value is -1.44. The van der Waals surface area contributed by atoms with Crippen molar-refractivity contribution in [3.05, 3.63) is 0 Å². The SMILES string of the molecule is COC(=O)CCNC(=O)[C@@H]1O[P@](=O)(C[C@@H](C)C(=O)OC)OCC1(C)C. The minimum Gasteiger partial charge on any atom is -0.469 e. The van der Waals surface area contributed by atoms with Gasteiger partial charge in [0, 0.05) is 12.0 Å². The zero-order valence-corrected chi connectivity index (χ0v) is 16.1. The number of hydrogen-bond donors (Lipinski definition) is 1. The number of rotatable bonds is 7. The van der Waals surface area contributed by atoms with Crippen molar-refractivity contribution in [3.8, 4) is 0 Å². The van der Waals surface area contributed by atoms with Crippen molar-refractivity contribution < 1.29 is 37.5 Å². The fourth-order valence-electron chi connectivity index (χ4n) is 2.27. The van der Waals surface area contributed by atoms with Gasteiger partial charge in [-0.15, -0.1) is 0 Å². The molecule has 1 aliphatic rings. The molecule has 1 saturated heterocycles. The molecule has 1 rings (SSSR count). The van der Waals surface area contributed by atoms with Gasteiger partial charge in [-0.05, 0) is 0 Å². The maximum absolute atomic E-state index is 12.8. The molecule has 0 bridgehead atoms. The van der Waals surface area contributed by atoms with Crippen molar-refractivity contribution >= 4 is 25.4 Å². The Labute approximate surface area is 147 Å². The highest BCUT2D eigenvalue weighted by Gasteiger charge is 2.48. The molecule has 0 spiro atoms. The summed E-state index contributed by atoms with van der Waals surface area (Å²) in [7, 11) is -1.15. The lowest BCUT2D eigenvalue weighted by Gasteiger charge is -2.40. The molecule has 0 saturated carbocycles. The summed E-state index contributed by atoms with van der Waals surface area (Å²) < 4.78 is 32.7. The highest BCUT2D eigenvalue weighted by Crippen LogP contribution is 2.57. The number of carbonyl (C=O) groups excluding carboxylic acids is 3. The molecule has 1 amide bonds. The molecule has 0 aromatic heterocycles. The van der Waals surface area contributed by atoms with Crippen LogP contribution in [0.4, 0.5) is 0 Å². The highest BCUT2D eigenvalue weighted by molar-refractivity contribution is 7.54. The maximum Gasteiger partial charge on any atom is 0.332 e. The second-order valence-electron chi connectivity index (χ2n) is 6.58. The molecule has 9 nitrogen and oxygen atoms in total. The van der Waals surface area contributed by atoms with Gasteiger partial charge in [0.05, 0.1) is 39.3 Å². The van der Waals surface area contributed by atoms with Crippen LogP contribution in [0.3, 0.4) is 0 Å². The Morgan fingerprint density at radius 3 is 2.48 bits per heavy atom. The summed E-state index contributed by atoms with van der Waals surface area (Å²) in [6, 6.07) is 0. The lowest BCUT2D eigenvalue weighted by Crippen LogP contribution is -2.50. The summed E-state index contributed by atoms with van der Waals surface area (Å²) in [5, 5.41) is 2.57. The van der Waals surface area contributed by atoms with E-state index in [1.165, 1.54) is 14.2 Å². The van der Waals surface area contributed by atoms with Crippen LogP contribution in [0.1, 0.15) is 27.2 Å². The van der Waals surface area contributed by atoms with Crippen LogP contribution < -0.4 is 5.32 Å². The zero-order valence-electron chi connectivity index (χ0n) is 15.2. The van der Waals surface area contributed by atoms with Crippen LogP contribution in [0.25, 0.3) is 0 Å². The van der Waals surface area contributed by atoms with Gasteiger partial charge >= 0.3 is 19.5 Å². The quantitative estimate of drug-likeness (QED) is 0.516. The summed E-state index contributed by atoms with van der Waals surface area (Å²) in [5.41, 5.74) is -0.724. The Bertz CT molecular complexity index is 562. The number of hydrogen-bond acceptors (Lipinski definition) is 8. The van der Waals surface area contributed by atoms with Crippen LogP contribution in [0, 0.1) is 11.3 Å². The summed E-state index contributed by atoms with van der Waals surface area (Å²) in [5.74, 6) is -2.18. The molecule has 1 aliphatic heterocycles. The molecule has 0 aromatic rings. The Morgan fingerprint density at radius 2 is 1.92 bits per heavy atom. The predicted octanol–water partition coefficient (Wildman–Crippen LogP) is 1.11. The third kappa shape index (κ3) is 6.09. The van der Waals surface area contributed by atoms with Crippen LogP contribution in [-0.4, -0.2) is 57.5 Å². The van der Waals surface area contributed by atoms with E-state index in [0.717, 1.165) is 0 Å². The standard InChI is InChI=1S/C15H26NO8P/c1-10(14(19)22-5)8-25(20)23-9-15(2,3)12(24-25)13(18)16-7-6-11(17)21-4/h10,12H,6-9H2,1-5H3,(H,16,18)/t10-,12+,25+/m1/s1. The fourth-order valence-corrected chi connectivity index (χ4v) is 4.57. The summed E-state index contributed by atoms with van der Waals surface area (Å²) in [6.45, 7) is 5.14. The first-order valence-corrected chi connectivity index (χ1v) is 9.62. The molecule has 0 unspecified atom stereocenters. The van der Waals surface area contributed by atoms with E-state index in [-0.39, 0.29) is 25.7 Å². The first-order chi connectivity index (χ1) is 11.5. The van der Waals surface area contributed by atoms with E-state index in [9.17, 15) is 18.9 Å². The topological polar surface area (TPSA) is 117 Å². The van der Waals surface area contributed by atoms with Crippen molar-refractivity contribution in [2.24, 2.45) is 11.3 Å². The van der Waals surface area contributed by atoms with E-state index in [2.05, 4.69) is 14.8 Å². The third-order valence-electron chi connectivity index (χ3n) is 3.80. The molecule has 25 heavy (non-hydrogen) atoms. The summed E-state index contributed by atoms with van der Waals surface area (Å²) in [4.78, 5) is 35.0. The molecule has 144 valence electrons. The van der Waals surface area contributed by atoms with Gasteiger partial charge < -0.3 is 19.3 Å². The third-order valence-corrected chi connectivity index (χ3v) is 5.85. The summed E-state index contributed by atoms with van der Waals surface area (Å²) in [6.07, 6.45) is -1.19. The molecular weight excluding hydrogens is 353 g/mol. The lowest BCUT2D eigenvalue weighted by molar-refractivity contribution is -0.144. The second-order valence-corrected chi connectivity index (χ2v) is 8.64. The van der Waals surface area contributed by atoms with Crippen LogP contribution in [0.5, 0.6) is 0 Å². The van der Waals surface area contributed by atoms with E-state index < -0.39 is 42.9 Å². The Balaban J connectivity index is 2.75. The predicted molar refractivity (Wildman–Crippen MR) is 87.9 cm³/mol. The van der Waals surface area contributed by atoms with Gasteiger partial charge in [0.25, 0.3) is 0 Å². The molecule has 1 fully saturated rings. The molecule has 1 heterocycles. The average Bonchev–Trinajstić information content (AvgIpc) is 2.56. The molecule has 1 N–H and O–H groups in total. The second kappa shape index (κ2) is 8.78. The smallest absolute Gasteiger partial charge is 0.332 e. The van der Waals surface area contributed by atoms with E-state index >= 15 is 0 Å². The maximum atomic E-state index is 12.8. The van der Waals surface area contributed by atoms with Crippen molar-refractivity contribution in [1.82, 2.24) is 5.32 Å². The van der Waals surface area contributed by atoms with Crippen LogP contribution in [-0.2, 0) is 37.5 Å². The van der Waals surface area contributed by atoms with E-state index in [4.69, 9.17) is 9.05 Å². The Kier molecular flexibility index (Phi) is 7.59. The van der Waals surface area contributed by atoms with Crippen molar-refractivity contribution in [1.29, 1.82) is 0 Å². The molecular formula is C15H26NO8P. The monoisotopic (exact) mass is 379 g/mol. The van der Waals surface area contributed by atoms with E-state index in [0.29, 0.717) is 0 Å². The first-order valence-electron chi connectivity index (χ1n) is 7.89. The number of methoxy groups -OCH3 is 2. The molecule has 0 radical (unpaired) electrons. The lowest BCUT2D eigenvalue weighted by atomic mass is 9.87. The van der Waals surface area contributed by atoms with Crippen molar-refractivity contribution in [3.63, 3.8) is 0 Å². The normalized spacial score (nSPS) is 26.4. The van der Waals surface area contributed by atoms with E-state index in [1.807, 2.05) is 0 Å². The molecule has 3 atom stereocenters. The molecule has 10 heteroatoms. The van der Waals surface area contributed by atoms with Crippen LogP contribution >= 0.6 is 7.60 Å². The average molecular weight is 379 g/mol. The number of carbonyl (C=O) groups is 3. The number of amides is 1. The minimum absolute atomic E-state index is 0.0168. The van der Waals surface area contributed by atoms with Gasteiger partial charge in [-0.2, -0.15) is 0 Å². The van der Waals surface area contributed by atoms with Gasteiger partial charge in [0.15, 0.2) is 6.10 Å². The van der Waals surface area contributed by atoms with Crippen LogP contribution in [0.15, 0.2) is 0 Å². The number of esters is 2. The van der Waals surface area contributed by atoms with Crippen molar-refractivity contribution in [2.45, 2.75) is 33.3 Å². The van der Waals surface area contributed by atoms with Crippen molar-refractivity contribution in [2.75, 3.05) is 33.5 Å². The van der Waals surface area contributed by atoms with Gasteiger partial charge in [-0.1, -0.05) is 20.8 Å². The number of nitrogens with one attached hydrogen (secondary N) is 1. The highest BCUT2D eigenvalue weighted by atomic mass is 31.2. The van der Waals surface area contributed by atoms with E-state index in [1.54, 1.807) is 20.8 Å². The summed E-state index contributed by atoms with van der Waals surface area (Å²) >= 11 is 0. The molecule has 0 aliphatic carbocycles. The Morgan fingerprint density at radius 1 is 1.28 bits per heavy atom. The van der Waals surface area contributed by atoms with Gasteiger partial charge in [-0.3, -0.25) is 23.5 Å². The largest absolute Gasteiger partial charge is 0.469 e. The van der Waals surface area contributed by atoms with Crippen LogP contribution in [0.2, 0.25) is 0 Å². The fraction of sp³-hybridized carbons (Fsp3) is 0.800. The first kappa shape index (κ1) is 21.6. The van der Waals surface area contributed by atoms with Gasteiger partial charge in [-0.25, -0.2) is 0 Å². The minimum atomic E-state index is -3.64. The molecule has 0 aromatic carbocycles. The number of ether oxygens (including phenoxy) is 2. The van der Waals surface area contributed by atoms with Gasteiger partial charge in [0.1, 0.15) is 0 Å². The zero-order chi connectivity index (χ0) is 19.3.